The molecule has 1 atom stereocenters. The summed E-state index contributed by atoms with van der Waals surface area (Å²) in [6, 6.07) is 2.45. The number of nitrogens with zero attached hydrogens (tertiary/aromatic N) is 1. The second kappa shape index (κ2) is 6.50. The van der Waals surface area contributed by atoms with Crippen LogP contribution in [0.3, 0.4) is 0 Å². The smallest absolute Gasteiger partial charge is 0.282 e. The maximum atomic E-state index is 13.1. The summed E-state index contributed by atoms with van der Waals surface area (Å²) in [5, 5.41) is 13.3. The van der Waals surface area contributed by atoms with Crippen LogP contribution in [0.15, 0.2) is 18.2 Å². The minimum atomic E-state index is -0.726. The van der Waals surface area contributed by atoms with Crippen LogP contribution in [0, 0.1) is 28.3 Å². The number of nitro groups is 1. The van der Waals surface area contributed by atoms with Crippen molar-refractivity contribution in [1.29, 1.82) is 0 Å². The highest BCUT2D eigenvalue weighted by atomic mass is 19.1. The molecule has 0 aliphatic carbocycles. The molecule has 5 nitrogen and oxygen atoms in total. The first-order chi connectivity index (χ1) is 8.99. The van der Waals surface area contributed by atoms with Gasteiger partial charge in [0.15, 0.2) is 0 Å². The van der Waals surface area contributed by atoms with Crippen LogP contribution in [0.4, 0.5) is 10.1 Å². The number of hydrogen-bond acceptors (Lipinski definition) is 3. The summed E-state index contributed by atoms with van der Waals surface area (Å²) in [6.07, 6.45) is 6.05. The first kappa shape index (κ1) is 14.6. The number of carbonyl (C=O) groups is 1. The van der Waals surface area contributed by atoms with Crippen LogP contribution in [0.25, 0.3) is 0 Å². The van der Waals surface area contributed by atoms with Gasteiger partial charge in [-0.15, -0.1) is 12.3 Å². The number of hydrogen-bond donors (Lipinski definition) is 1. The van der Waals surface area contributed by atoms with E-state index in [2.05, 4.69) is 11.2 Å². The lowest BCUT2D eigenvalue weighted by Gasteiger charge is -2.14. The third-order valence-corrected chi connectivity index (χ3v) is 2.59. The van der Waals surface area contributed by atoms with Crippen molar-refractivity contribution in [3.63, 3.8) is 0 Å². The predicted octanol–water partition coefficient (Wildman–Crippen LogP) is 2.27. The van der Waals surface area contributed by atoms with Crippen molar-refractivity contribution in [2.75, 3.05) is 0 Å². The van der Waals surface area contributed by atoms with Gasteiger partial charge in [0.2, 0.25) is 0 Å². The molecular weight excluding hydrogens is 251 g/mol. The maximum Gasteiger partial charge on any atom is 0.282 e. The van der Waals surface area contributed by atoms with E-state index in [1.807, 2.05) is 6.92 Å². The number of nitro benzene ring substituents is 1. The van der Waals surface area contributed by atoms with E-state index in [1.165, 1.54) is 0 Å². The summed E-state index contributed by atoms with van der Waals surface area (Å²) in [6.45, 7) is 1.82. The number of terminal acetylenes is 1. The van der Waals surface area contributed by atoms with E-state index in [-0.39, 0.29) is 11.6 Å². The molecule has 0 aliphatic rings. The second-order valence-electron chi connectivity index (χ2n) is 3.91. The molecule has 0 radical (unpaired) electrons. The molecule has 6 heteroatoms. The Bertz CT molecular complexity index is 537. The van der Waals surface area contributed by atoms with Crippen molar-refractivity contribution in [2.24, 2.45) is 0 Å². The van der Waals surface area contributed by atoms with Crippen molar-refractivity contribution in [1.82, 2.24) is 5.32 Å². The average molecular weight is 264 g/mol. The predicted molar refractivity (Wildman–Crippen MR) is 68.0 cm³/mol. The van der Waals surface area contributed by atoms with Crippen LogP contribution >= 0.6 is 0 Å². The Labute approximate surface area is 110 Å². The lowest BCUT2D eigenvalue weighted by atomic mass is 10.1. The van der Waals surface area contributed by atoms with E-state index in [4.69, 9.17) is 6.42 Å². The molecule has 1 aromatic carbocycles. The molecule has 0 saturated carbocycles. The highest BCUT2D eigenvalue weighted by molar-refractivity contribution is 5.98. The summed E-state index contributed by atoms with van der Waals surface area (Å²) in [5.41, 5.74) is -0.741. The molecular formula is C13H13FN2O3. The van der Waals surface area contributed by atoms with Crippen LogP contribution in [0.1, 0.15) is 30.1 Å². The van der Waals surface area contributed by atoms with Crippen molar-refractivity contribution in [3.8, 4) is 12.3 Å². The molecule has 1 rings (SSSR count). The largest absolute Gasteiger partial charge is 0.348 e. The standard InChI is InChI=1S/C13H13FN2O3/c1-3-5-10(4-2)15-13(17)11-8-9(14)6-7-12(11)16(18)19/h1,6-8,10H,4-5H2,2H3,(H,15,17). The Kier molecular flexibility index (Phi) is 5.01. The minimum Gasteiger partial charge on any atom is -0.348 e. The third kappa shape index (κ3) is 3.78. The first-order valence-electron chi connectivity index (χ1n) is 5.67. The normalized spacial score (nSPS) is 11.4. The van der Waals surface area contributed by atoms with Gasteiger partial charge < -0.3 is 5.32 Å². The Balaban J connectivity index is 3.02. The summed E-state index contributed by atoms with van der Waals surface area (Å²) >= 11 is 0. The van der Waals surface area contributed by atoms with Gasteiger partial charge in [-0.3, -0.25) is 14.9 Å². The fourth-order valence-corrected chi connectivity index (χ4v) is 1.55. The number of amides is 1. The maximum absolute atomic E-state index is 13.1. The first-order valence-corrected chi connectivity index (χ1v) is 5.67. The van der Waals surface area contributed by atoms with E-state index >= 15 is 0 Å². The number of nitrogens with one attached hydrogen (secondary N) is 1. The minimum absolute atomic E-state index is 0.291. The molecule has 19 heavy (non-hydrogen) atoms. The van der Waals surface area contributed by atoms with Crippen LogP contribution < -0.4 is 5.32 Å². The Morgan fingerprint density at radius 2 is 2.32 bits per heavy atom. The van der Waals surface area contributed by atoms with Gasteiger partial charge in [-0.05, 0) is 18.6 Å². The zero-order valence-corrected chi connectivity index (χ0v) is 10.4. The Hall–Kier alpha value is -2.42. The molecule has 0 heterocycles. The molecule has 0 aliphatic heterocycles. The van der Waals surface area contributed by atoms with Crippen molar-refractivity contribution < 1.29 is 14.1 Å². The van der Waals surface area contributed by atoms with Crippen LogP contribution in [0.2, 0.25) is 0 Å². The SMILES string of the molecule is C#CCC(CC)NC(=O)c1cc(F)ccc1[N+](=O)[O-]. The Morgan fingerprint density at radius 1 is 1.63 bits per heavy atom. The lowest BCUT2D eigenvalue weighted by molar-refractivity contribution is -0.385. The second-order valence-corrected chi connectivity index (χ2v) is 3.91. The van der Waals surface area contributed by atoms with Crippen LogP contribution in [-0.2, 0) is 0 Å². The number of carbonyl (C=O) groups excluding carboxylic acids is 1. The zero-order chi connectivity index (χ0) is 14.4. The molecule has 0 spiro atoms. The molecule has 1 N–H and O–H groups in total. The molecule has 1 unspecified atom stereocenters. The fraction of sp³-hybridized carbons (Fsp3) is 0.308. The van der Waals surface area contributed by atoms with Crippen LogP contribution in [0.5, 0.6) is 0 Å². The summed E-state index contributed by atoms with van der Waals surface area (Å²) in [5.74, 6) is 0.993. The molecule has 0 fully saturated rings. The van der Waals surface area contributed by atoms with Gasteiger partial charge >= 0.3 is 0 Å². The van der Waals surface area contributed by atoms with Gasteiger partial charge in [0.05, 0.1) is 4.92 Å². The van der Waals surface area contributed by atoms with Gasteiger partial charge in [-0.25, -0.2) is 4.39 Å². The van der Waals surface area contributed by atoms with E-state index in [0.717, 1.165) is 18.2 Å². The fourth-order valence-electron chi connectivity index (χ4n) is 1.55. The lowest BCUT2D eigenvalue weighted by Crippen LogP contribution is -2.34. The summed E-state index contributed by atoms with van der Waals surface area (Å²) < 4.78 is 13.1. The third-order valence-electron chi connectivity index (χ3n) is 2.59. The summed E-state index contributed by atoms with van der Waals surface area (Å²) in [7, 11) is 0. The van der Waals surface area contributed by atoms with Gasteiger partial charge in [-0.1, -0.05) is 6.92 Å². The monoisotopic (exact) mass is 264 g/mol. The molecule has 0 saturated heterocycles. The van der Waals surface area contributed by atoms with E-state index in [9.17, 15) is 19.3 Å². The molecule has 0 bridgehead atoms. The van der Waals surface area contributed by atoms with Gasteiger partial charge in [0, 0.05) is 18.5 Å². The molecule has 1 aromatic rings. The molecule has 1 amide bonds. The topological polar surface area (TPSA) is 72.2 Å². The van der Waals surface area contributed by atoms with E-state index < -0.39 is 22.3 Å². The average Bonchev–Trinajstić information content (AvgIpc) is 2.37. The van der Waals surface area contributed by atoms with Crippen molar-refractivity contribution in [2.45, 2.75) is 25.8 Å². The highest BCUT2D eigenvalue weighted by Crippen LogP contribution is 2.19. The van der Waals surface area contributed by atoms with Gasteiger partial charge in [0.1, 0.15) is 11.4 Å². The van der Waals surface area contributed by atoms with Gasteiger partial charge in [0.25, 0.3) is 11.6 Å². The zero-order valence-electron chi connectivity index (χ0n) is 10.4. The van der Waals surface area contributed by atoms with E-state index in [1.54, 1.807) is 0 Å². The summed E-state index contributed by atoms with van der Waals surface area (Å²) in [4.78, 5) is 22.0. The van der Waals surface area contributed by atoms with Crippen LogP contribution in [-0.4, -0.2) is 16.9 Å². The Morgan fingerprint density at radius 3 is 2.84 bits per heavy atom. The van der Waals surface area contributed by atoms with Gasteiger partial charge in [-0.2, -0.15) is 0 Å². The quantitative estimate of drug-likeness (QED) is 0.503. The molecule has 100 valence electrons. The highest BCUT2D eigenvalue weighted by Gasteiger charge is 2.22. The van der Waals surface area contributed by atoms with E-state index in [0.29, 0.717) is 12.8 Å². The van der Waals surface area contributed by atoms with Crippen molar-refractivity contribution >= 4 is 11.6 Å². The number of benzene rings is 1. The number of rotatable bonds is 5. The molecule has 0 aromatic heterocycles. The number of halogens is 1. The van der Waals surface area contributed by atoms with Crippen molar-refractivity contribution in [3.05, 3.63) is 39.7 Å².